The summed E-state index contributed by atoms with van der Waals surface area (Å²) in [6.07, 6.45) is 4.82. The van der Waals surface area contributed by atoms with Crippen molar-refractivity contribution in [2.75, 3.05) is 46.9 Å². The SMILES string of the molecule is CCNC(=NCc1ccc2c(c1)CCC2)NCCN(C)CCCOC. The van der Waals surface area contributed by atoms with Crippen LogP contribution in [0.1, 0.15) is 36.5 Å². The highest BCUT2D eigenvalue weighted by Crippen LogP contribution is 2.23. The van der Waals surface area contributed by atoms with Crippen LogP contribution in [0.4, 0.5) is 0 Å². The number of nitrogens with zero attached hydrogens (tertiary/aromatic N) is 2. The Hall–Kier alpha value is -1.59. The zero-order chi connectivity index (χ0) is 17.9. The molecule has 0 saturated carbocycles. The minimum absolute atomic E-state index is 0.728. The molecule has 0 atom stereocenters. The molecule has 0 unspecified atom stereocenters. The van der Waals surface area contributed by atoms with Gasteiger partial charge in [-0.3, -0.25) is 0 Å². The van der Waals surface area contributed by atoms with E-state index in [1.165, 1.54) is 36.0 Å². The van der Waals surface area contributed by atoms with E-state index in [0.717, 1.165) is 51.7 Å². The third kappa shape index (κ3) is 7.04. The van der Waals surface area contributed by atoms with Crippen molar-refractivity contribution in [1.29, 1.82) is 0 Å². The van der Waals surface area contributed by atoms with Crippen molar-refractivity contribution in [2.24, 2.45) is 4.99 Å². The molecule has 25 heavy (non-hydrogen) atoms. The molecular weight excluding hydrogens is 312 g/mol. The molecule has 5 heteroatoms. The number of ether oxygens (including phenoxy) is 1. The number of guanidine groups is 1. The fraction of sp³-hybridized carbons (Fsp3) is 0.650. The quantitative estimate of drug-likeness (QED) is 0.387. The zero-order valence-electron chi connectivity index (χ0n) is 16.1. The first-order chi connectivity index (χ1) is 12.2. The first-order valence-corrected chi connectivity index (χ1v) is 9.53. The van der Waals surface area contributed by atoms with Crippen LogP contribution in [0.2, 0.25) is 0 Å². The highest BCUT2D eigenvalue weighted by Gasteiger charge is 2.10. The first kappa shape index (κ1) is 19.7. The van der Waals surface area contributed by atoms with Gasteiger partial charge in [0, 0.05) is 39.9 Å². The van der Waals surface area contributed by atoms with Crippen molar-refractivity contribution < 1.29 is 4.74 Å². The minimum Gasteiger partial charge on any atom is -0.385 e. The normalized spacial score (nSPS) is 14.0. The Balaban J connectivity index is 1.78. The second-order valence-electron chi connectivity index (χ2n) is 6.73. The summed E-state index contributed by atoms with van der Waals surface area (Å²) < 4.78 is 5.10. The van der Waals surface area contributed by atoms with E-state index >= 15 is 0 Å². The number of rotatable bonds is 10. The van der Waals surface area contributed by atoms with E-state index in [2.05, 4.69) is 47.7 Å². The summed E-state index contributed by atoms with van der Waals surface area (Å²) in [5.74, 6) is 0.897. The van der Waals surface area contributed by atoms with Crippen LogP contribution in [0, 0.1) is 0 Å². The lowest BCUT2D eigenvalue weighted by molar-refractivity contribution is 0.180. The molecule has 1 aromatic rings. The number of fused-ring (bicyclic) bond motifs is 1. The maximum absolute atomic E-state index is 5.10. The van der Waals surface area contributed by atoms with Crippen molar-refractivity contribution in [3.8, 4) is 0 Å². The van der Waals surface area contributed by atoms with Crippen LogP contribution < -0.4 is 10.6 Å². The topological polar surface area (TPSA) is 48.9 Å². The average Bonchev–Trinajstić information content (AvgIpc) is 3.07. The summed E-state index contributed by atoms with van der Waals surface area (Å²) in [6.45, 7) is 7.46. The molecule has 5 nitrogen and oxygen atoms in total. The number of methoxy groups -OCH3 is 1. The summed E-state index contributed by atoms with van der Waals surface area (Å²) in [5, 5.41) is 6.76. The molecule has 2 rings (SSSR count). The third-order valence-electron chi connectivity index (χ3n) is 4.60. The lowest BCUT2D eigenvalue weighted by Gasteiger charge is -2.18. The largest absolute Gasteiger partial charge is 0.385 e. The van der Waals surface area contributed by atoms with Crippen molar-refractivity contribution in [3.63, 3.8) is 0 Å². The van der Waals surface area contributed by atoms with Crippen molar-refractivity contribution in [1.82, 2.24) is 15.5 Å². The molecule has 0 saturated heterocycles. The van der Waals surface area contributed by atoms with Crippen LogP contribution in [-0.4, -0.2) is 57.8 Å². The Bertz CT molecular complexity index is 544. The van der Waals surface area contributed by atoms with Crippen LogP contribution in [0.5, 0.6) is 0 Å². The first-order valence-electron chi connectivity index (χ1n) is 9.53. The number of likely N-dealkylation sites (N-methyl/N-ethyl adjacent to an activating group) is 1. The predicted octanol–water partition coefficient (Wildman–Crippen LogP) is 2.20. The van der Waals surface area contributed by atoms with Gasteiger partial charge < -0.3 is 20.3 Å². The van der Waals surface area contributed by atoms with Crippen LogP contribution in [-0.2, 0) is 24.1 Å². The van der Waals surface area contributed by atoms with Gasteiger partial charge in [0.2, 0.25) is 0 Å². The molecule has 0 radical (unpaired) electrons. The van der Waals surface area contributed by atoms with Crippen LogP contribution in [0.3, 0.4) is 0 Å². The Kier molecular flexibility index (Phi) is 8.77. The molecule has 1 aliphatic carbocycles. The van der Waals surface area contributed by atoms with E-state index in [-0.39, 0.29) is 0 Å². The van der Waals surface area contributed by atoms with Gasteiger partial charge in [0.1, 0.15) is 0 Å². The Morgan fingerprint density at radius 3 is 2.84 bits per heavy atom. The van der Waals surface area contributed by atoms with Crippen molar-refractivity contribution in [3.05, 3.63) is 34.9 Å². The number of aliphatic imine (C=N–C) groups is 1. The van der Waals surface area contributed by atoms with Gasteiger partial charge in [-0.25, -0.2) is 4.99 Å². The van der Waals surface area contributed by atoms with E-state index in [1.54, 1.807) is 7.11 Å². The lowest BCUT2D eigenvalue weighted by atomic mass is 10.1. The number of hydrogen-bond acceptors (Lipinski definition) is 3. The molecule has 2 N–H and O–H groups in total. The summed E-state index contributed by atoms with van der Waals surface area (Å²) in [6, 6.07) is 6.84. The van der Waals surface area contributed by atoms with Crippen molar-refractivity contribution in [2.45, 2.75) is 39.2 Å². The van der Waals surface area contributed by atoms with Gasteiger partial charge >= 0.3 is 0 Å². The second kappa shape index (κ2) is 11.1. The number of aryl methyl sites for hydroxylation is 2. The molecular formula is C20H34N4O. The lowest BCUT2D eigenvalue weighted by Crippen LogP contribution is -2.41. The van der Waals surface area contributed by atoms with E-state index in [1.807, 2.05) is 0 Å². The molecule has 0 aromatic heterocycles. The van der Waals surface area contributed by atoms with Gasteiger partial charge in [-0.1, -0.05) is 18.2 Å². The maximum Gasteiger partial charge on any atom is 0.191 e. The smallest absolute Gasteiger partial charge is 0.191 e. The van der Waals surface area contributed by atoms with Crippen LogP contribution in [0.15, 0.2) is 23.2 Å². The predicted molar refractivity (Wildman–Crippen MR) is 105 cm³/mol. The van der Waals surface area contributed by atoms with Crippen LogP contribution >= 0.6 is 0 Å². The van der Waals surface area contributed by atoms with Crippen LogP contribution in [0.25, 0.3) is 0 Å². The molecule has 0 bridgehead atoms. The minimum atomic E-state index is 0.728. The number of nitrogens with one attached hydrogen (secondary N) is 2. The highest BCUT2D eigenvalue weighted by molar-refractivity contribution is 5.79. The second-order valence-corrected chi connectivity index (χ2v) is 6.73. The number of benzene rings is 1. The van der Waals surface area contributed by atoms with E-state index in [4.69, 9.17) is 9.73 Å². The summed E-state index contributed by atoms with van der Waals surface area (Å²) >= 11 is 0. The summed E-state index contributed by atoms with van der Waals surface area (Å²) in [4.78, 5) is 7.05. The molecule has 1 aliphatic rings. The van der Waals surface area contributed by atoms with Crippen molar-refractivity contribution >= 4 is 5.96 Å². The Morgan fingerprint density at radius 1 is 1.20 bits per heavy atom. The Labute approximate surface area is 152 Å². The number of hydrogen-bond donors (Lipinski definition) is 2. The monoisotopic (exact) mass is 346 g/mol. The zero-order valence-corrected chi connectivity index (χ0v) is 16.1. The highest BCUT2D eigenvalue weighted by atomic mass is 16.5. The third-order valence-corrected chi connectivity index (χ3v) is 4.60. The molecule has 0 fully saturated rings. The van der Waals surface area contributed by atoms with Gasteiger partial charge in [-0.2, -0.15) is 0 Å². The molecule has 0 spiro atoms. The summed E-state index contributed by atoms with van der Waals surface area (Å²) in [7, 11) is 3.90. The molecule has 0 heterocycles. The fourth-order valence-corrected chi connectivity index (χ4v) is 3.19. The summed E-state index contributed by atoms with van der Waals surface area (Å²) in [5.41, 5.74) is 4.34. The van der Waals surface area contributed by atoms with Gasteiger partial charge in [0.05, 0.1) is 6.54 Å². The van der Waals surface area contributed by atoms with Gasteiger partial charge in [0.15, 0.2) is 5.96 Å². The Morgan fingerprint density at radius 2 is 2.04 bits per heavy atom. The standard InChI is InChI=1S/C20H34N4O/c1-4-21-20(22-11-13-24(2)12-6-14-25-3)23-16-17-9-10-18-7-5-8-19(18)15-17/h9-10,15H,4-8,11-14,16H2,1-3H3,(H2,21,22,23). The van der Waals surface area contributed by atoms with Gasteiger partial charge in [0.25, 0.3) is 0 Å². The van der Waals surface area contributed by atoms with E-state index in [9.17, 15) is 0 Å². The van der Waals surface area contributed by atoms with Gasteiger partial charge in [-0.05, 0) is 56.3 Å². The average molecular weight is 347 g/mol. The van der Waals surface area contributed by atoms with E-state index < -0.39 is 0 Å². The van der Waals surface area contributed by atoms with Gasteiger partial charge in [-0.15, -0.1) is 0 Å². The molecule has 0 amide bonds. The molecule has 0 aliphatic heterocycles. The molecule has 140 valence electrons. The van der Waals surface area contributed by atoms with E-state index in [0.29, 0.717) is 0 Å². The fourth-order valence-electron chi connectivity index (χ4n) is 3.19. The molecule has 1 aromatic carbocycles. The maximum atomic E-state index is 5.10.